The molecule has 0 amide bonds. The van der Waals surface area contributed by atoms with E-state index in [1.807, 2.05) is 31.2 Å². The van der Waals surface area contributed by atoms with Crippen LogP contribution in [0, 0.1) is 6.92 Å². The third-order valence-electron chi connectivity index (χ3n) is 1.64. The highest BCUT2D eigenvalue weighted by Gasteiger charge is 1.94. The van der Waals surface area contributed by atoms with Crippen LogP contribution in [0.2, 0.25) is 0 Å². The highest BCUT2D eigenvalue weighted by atomic mass is 16.5. The number of ether oxygens (including phenoxy) is 1. The largest absolute Gasteiger partial charge is 0.462 e. The van der Waals surface area contributed by atoms with E-state index in [1.54, 1.807) is 6.92 Å². The van der Waals surface area contributed by atoms with Crippen molar-refractivity contribution in [2.75, 3.05) is 6.61 Å². The van der Waals surface area contributed by atoms with Gasteiger partial charge in [0.25, 0.3) is 0 Å². The molecule has 0 aliphatic rings. The Kier molecular flexibility index (Phi) is 3.85. The Morgan fingerprint density at radius 3 is 2.64 bits per heavy atom. The number of aliphatic imine (C=N–C) groups is 1. The van der Waals surface area contributed by atoms with Gasteiger partial charge in [-0.15, -0.1) is 0 Å². The number of hydrogen-bond donors (Lipinski definition) is 0. The van der Waals surface area contributed by atoms with Gasteiger partial charge in [-0.05, 0) is 26.0 Å². The molecule has 3 heteroatoms. The predicted molar refractivity (Wildman–Crippen MR) is 56.0 cm³/mol. The van der Waals surface area contributed by atoms with E-state index < -0.39 is 5.97 Å². The van der Waals surface area contributed by atoms with E-state index in [2.05, 4.69) is 4.99 Å². The summed E-state index contributed by atoms with van der Waals surface area (Å²) in [5.41, 5.74) is 1.92. The minimum atomic E-state index is -0.409. The number of esters is 1. The zero-order valence-electron chi connectivity index (χ0n) is 8.36. The van der Waals surface area contributed by atoms with Gasteiger partial charge in [-0.2, -0.15) is 0 Å². The molecule has 0 saturated carbocycles. The first kappa shape index (κ1) is 10.4. The first-order valence-corrected chi connectivity index (χ1v) is 4.50. The summed E-state index contributed by atoms with van der Waals surface area (Å²) >= 11 is 0. The second kappa shape index (κ2) is 5.17. The molecule has 3 nitrogen and oxygen atoms in total. The van der Waals surface area contributed by atoms with Crippen LogP contribution in [0.5, 0.6) is 0 Å². The summed E-state index contributed by atoms with van der Waals surface area (Å²) < 4.78 is 4.70. The van der Waals surface area contributed by atoms with Gasteiger partial charge < -0.3 is 4.74 Å². The highest BCUT2D eigenvalue weighted by molar-refractivity contribution is 6.23. The molecule has 1 aromatic carbocycles. The van der Waals surface area contributed by atoms with Crippen molar-refractivity contribution in [3.63, 3.8) is 0 Å². The van der Waals surface area contributed by atoms with E-state index in [4.69, 9.17) is 4.74 Å². The molecule has 14 heavy (non-hydrogen) atoms. The van der Waals surface area contributed by atoms with Gasteiger partial charge >= 0.3 is 5.97 Å². The summed E-state index contributed by atoms with van der Waals surface area (Å²) in [5.74, 6) is -0.409. The molecular weight excluding hydrogens is 178 g/mol. The lowest BCUT2D eigenvalue weighted by Crippen LogP contribution is -2.04. The van der Waals surface area contributed by atoms with Crippen LogP contribution in [-0.4, -0.2) is 18.8 Å². The second-order valence-corrected chi connectivity index (χ2v) is 2.85. The third kappa shape index (κ3) is 3.39. The minimum absolute atomic E-state index is 0.374. The summed E-state index contributed by atoms with van der Waals surface area (Å²) in [4.78, 5) is 14.9. The van der Waals surface area contributed by atoms with Gasteiger partial charge in [0.05, 0.1) is 12.3 Å². The van der Waals surface area contributed by atoms with Crippen molar-refractivity contribution in [2.45, 2.75) is 13.8 Å². The maximum Gasteiger partial charge on any atom is 0.349 e. The molecule has 0 radical (unpaired) electrons. The topological polar surface area (TPSA) is 38.7 Å². The summed E-state index contributed by atoms with van der Waals surface area (Å²) in [6.07, 6.45) is 1.19. The first-order chi connectivity index (χ1) is 6.72. The van der Waals surface area contributed by atoms with Crippen LogP contribution < -0.4 is 0 Å². The Morgan fingerprint density at radius 1 is 1.43 bits per heavy atom. The van der Waals surface area contributed by atoms with Crippen LogP contribution in [0.3, 0.4) is 0 Å². The minimum Gasteiger partial charge on any atom is -0.462 e. The van der Waals surface area contributed by atoms with E-state index in [9.17, 15) is 4.79 Å². The van der Waals surface area contributed by atoms with E-state index in [1.165, 1.54) is 11.8 Å². The average Bonchev–Trinajstić information content (AvgIpc) is 2.17. The zero-order valence-corrected chi connectivity index (χ0v) is 8.36. The van der Waals surface area contributed by atoms with Crippen LogP contribution in [-0.2, 0) is 9.53 Å². The van der Waals surface area contributed by atoms with Gasteiger partial charge in [0, 0.05) is 0 Å². The maximum absolute atomic E-state index is 10.9. The molecule has 1 rings (SSSR count). The lowest BCUT2D eigenvalue weighted by atomic mass is 10.2. The molecule has 0 aliphatic carbocycles. The number of hydrogen-bond acceptors (Lipinski definition) is 3. The van der Waals surface area contributed by atoms with Gasteiger partial charge in [-0.25, -0.2) is 9.79 Å². The first-order valence-electron chi connectivity index (χ1n) is 4.50. The van der Waals surface area contributed by atoms with Crippen molar-refractivity contribution in [1.82, 2.24) is 0 Å². The Balaban J connectivity index is 2.60. The fraction of sp³-hybridized carbons (Fsp3) is 0.273. The molecule has 0 aliphatic heterocycles. The Labute approximate surface area is 83.4 Å². The number of carbonyl (C=O) groups excluding carboxylic acids is 1. The Bertz CT molecular complexity index is 328. The summed E-state index contributed by atoms with van der Waals surface area (Å²) in [5, 5.41) is 0. The summed E-state index contributed by atoms with van der Waals surface area (Å²) in [6.45, 7) is 4.13. The van der Waals surface area contributed by atoms with Crippen LogP contribution in [0.25, 0.3) is 0 Å². The van der Waals surface area contributed by atoms with E-state index >= 15 is 0 Å². The number of aryl methyl sites for hydroxylation is 1. The molecule has 0 N–H and O–H groups in total. The van der Waals surface area contributed by atoms with Crippen LogP contribution in [0.15, 0.2) is 29.3 Å². The van der Waals surface area contributed by atoms with Gasteiger partial charge in [0.2, 0.25) is 0 Å². The van der Waals surface area contributed by atoms with Gasteiger partial charge in [-0.3, -0.25) is 0 Å². The normalized spacial score (nSPS) is 10.4. The zero-order chi connectivity index (χ0) is 10.4. The summed E-state index contributed by atoms with van der Waals surface area (Å²) in [7, 11) is 0. The Morgan fingerprint density at radius 2 is 2.07 bits per heavy atom. The highest BCUT2D eigenvalue weighted by Crippen LogP contribution is 2.11. The predicted octanol–water partition coefficient (Wildman–Crippen LogP) is 2.26. The van der Waals surface area contributed by atoms with Crippen LogP contribution in [0.4, 0.5) is 5.69 Å². The molecule has 0 atom stereocenters. The second-order valence-electron chi connectivity index (χ2n) is 2.85. The third-order valence-corrected chi connectivity index (χ3v) is 1.64. The molecule has 74 valence electrons. The van der Waals surface area contributed by atoms with Gasteiger partial charge in [0.15, 0.2) is 0 Å². The smallest absolute Gasteiger partial charge is 0.349 e. The lowest BCUT2D eigenvalue weighted by molar-refractivity contribution is -0.134. The van der Waals surface area contributed by atoms with E-state index in [0.29, 0.717) is 6.61 Å². The van der Waals surface area contributed by atoms with E-state index in [0.717, 1.165) is 5.69 Å². The van der Waals surface area contributed by atoms with Crippen molar-refractivity contribution >= 4 is 17.9 Å². The average molecular weight is 191 g/mol. The lowest BCUT2D eigenvalue weighted by Gasteiger charge is -1.95. The molecule has 0 saturated heterocycles. The molecule has 1 aromatic rings. The van der Waals surface area contributed by atoms with E-state index in [-0.39, 0.29) is 0 Å². The maximum atomic E-state index is 10.9. The number of nitrogens with zero attached hydrogens (tertiary/aromatic N) is 1. The molecule has 0 bridgehead atoms. The SMILES string of the molecule is CCOC(=O)C=Nc1ccc(C)cc1. The fourth-order valence-corrected chi connectivity index (χ4v) is 0.938. The van der Waals surface area contributed by atoms with Crippen LogP contribution in [0.1, 0.15) is 12.5 Å². The quantitative estimate of drug-likeness (QED) is 0.543. The monoisotopic (exact) mass is 191 g/mol. The molecule has 0 fully saturated rings. The molecule has 0 aromatic heterocycles. The van der Waals surface area contributed by atoms with Gasteiger partial charge in [-0.1, -0.05) is 17.7 Å². The molecular formula is C11H13NO2. The Hall–Kier alpha value is -1.64. The van der Waals surface area contributed by atoms with Gasteiger partial charge in [0.1, 0.15) is 6.21 Å². The van der Waals surface area contributed by atoms with Crippen molar-refractivity contribution in [3.8, 4) is 0 Å². The van der Waals surface area contributed by atoms with Crippen molar-refractivity contribution in [3.05, 3.63) is 29.8 Å². The molecule has 0 heterocycles. The van der Waals surface area contributed by atoms with Crippen molar-refractivity contribution in [1.29, 1.82) is 0 Å². The molecule has 0 spiro atoms. The molecule has 0 unspecified atom stereocenters. The standard InChI is InChI=1S/C11H13NO2/c1-3-14-11(13)8-12-10-6-4-9(2)5-7-10/h4-8H,3H2,1-2H3. The number of carbonyl (C=O) groups is 1. The summed E-state index contributed by atoms with van der Waals surface area (Å²) in [6, 6.07) is 7.59. The van der Waals surface area contributed by atoms with Crippen molar-refractivity contribution < 1.29 is 9.53 Å². The number of benzene rings is 1. The van der Waals surface area contributed by atoms with Crippen molar-refractivity contribution in [2.24, 2.45) is 4.99 Å². The number of rotatable bonds is 3. The fourth-order valence-electron chi connectivity index (χ4n) is 0.938. The van der Waals surface area contributed by atoms with Crippen LogP contribution >= 0.6 is 0 Å².